The van der Waals surface area contributed by atoms with Gasteiger partial charge in [0.15, 0.2) is 0 Å². The molecule has 0 bridgehead atoms. The Balaban J connectivity index is 1.61. The fourth-order valence-electron chi connectivity index (χ4n) is 3.26. The molecule has 0 spiro atoms. The monoisotopic (exact) mass is 310 g/mol. The van der Waals surface area contributed by atoms with Gasteiger partial charge >= 0.3 is 0 Å². The summed E-state index contributed by atoms with van der Waals surface area (Å²) in [4.78, 5) is 6.48. The van der Waals surface area contributed by atoms with E-state index in [9.17, 15) is 0 Å². The van der Waals surface area contributed by atoms with Crippen molar-refractivity contribution < 1.29 is 9.47 Å². The number of rotatable bonds is 6. The zero-order chi connectivity index (χ0) is 14.5. The minimum atomic E-state index is 0.434. The van der Waals surface area contributed by atoms with Gasteiger partial charge in [-0.3, -0.25) is 4.90 Å². The van der Waals surface area contributed by atoms with E-state index in [-0.39, 0.29) is 0 Å². The molecule has 0 aromatic carbocycles. The molecular formula is C16H26N2O2S. The van der Waals surface area contributed by atoms with Gasteiger partial charge in [-0.15, -0.1) is 11.3 Å². The molecular weight excluding hydrogens is 284 g/mol. The van der Waals surface area contributed by atoms with E-state index < -0.39 is 0 Å². The molecule has 5 heteroatoms. The number of ether oxygens (including phenoxy) is 2. The van der Waals surface area contributed by atoms with Crippen LogP contribution in [0.4, 0.5) is 0 Å². The van der Waals surface area contributed by atoms with Gasteiger partial charge in [-0.1, -0.05) is 6.07 Å². The second-order valence-corrected chi connectivity index (χ2v) is 7.02. The minimum Gasteiger partial charge on any atom is -0.379 e. The van der Waals surface area contributed by atoms with Crippen molar-refractivity contribution in [2.24, 2.45) is 0 Å². The predicted octanol–water partition coefficient (Wildman–Crippen LogP) is 2.23. The van der Waals surface area contributed by atoms with Gasteiger partial charge in [-0.2, -0.15) is 0 Å². The predicted molar refractivity (Wildman–Crippen MR) is 85.9 cm³/mol. The van der Waals surface area contributed by atoms with Gasteiger partial charge in [0.05, 0.1) is 25.4 Å². The Labute approximate surface area is 131 Å². The van der Waals surface area contributed by atoms with Gasteiger partial charge in [0.2, 0.25) is 0 Å². The first-order chi connectivity index (χ1) is 10.3. The topological polar surface area (TPSA) is 24.9 Å². The highest BCUT2D eigenvalue weighted by atomic mass is 32.1. The molecule has 0 N–H and O–H groups in total. The van der Waals surface area contributed by atoms with E-state index in [2.05, 4.69) is 34.4 Å². The summed E-state index contributed by atoms with van der Waals surface area (Å²) >= 11 is 1.87. The summed E-state index contributed by atoms with van der Waals surface area (Å²) in [6, 6.07) is 4.92. The van der Waals surface area contributed by atoms with Crippen LogP contribution >= 0.6 is 11.3 Å². The second-order valence-electron chi connectivity index (χ2n) is 6.04. The molecule has 1 aromatic rings. The maximum Gasteiger partial charge on any atom is 0.0702 e. The van der Waals surface area contributed by atoms with E-state index in [0.717, 1.165) is 46.0 Å². The summed E-state index contributed by atoms with van der Waals surface area (Å²) in [6.07, 6.45) is 2.87. The molecule has 2 atom stereocenters. The smallest absolute Gasteiger partial charge is 0.0702 e. The van der Waals surface area contributed by atoms with Gasteiger partial charge in [0.25, 0.3) is 0 Å². The second kappa shape index (κ2) is 7.70. The minimum absolute atomic E-state index is 0.434. The Morgan fingerprint density at radius 1 is 1.38 bits per heavy atom. The molecule has 2 aliphatic rings. The lowest BCUT2D eigenvalue weighted by molar-refractivity contribution is 0.00561. The first-order valence-corrected chi connectivity index (χ1v) is 8.86. The Kier molecular flexibility index (Phi) is 5.66. The van der Waals surface area contributed by atoms with Crippen molar-refractivity contribution in [1.29, 1.82) is 0 Å². The summed E-state index contributed by atoms with van der Waals surface area (Å²) in [5.74, 6) is 0. The van der Waals surface area contributed by atoms with Crippen molar-refractivity contribution in [1.82, 2.24) is 9.80 Å². The van der Waals surface area contributed by atoms with Crippen LogP contribution in [0.1, 0.15) is 23.8 Å². The Morgan fingerprint density at radius 3 is 2.90 bits per heavy atom. The molecule has 2 aliphatic heterocycles. The van der Waals surface area contributed by atoms with Crippen molar-refractivity contribution >= 4 is 11.3 Å². The Morgan fingerprint density at radius 2 is 2.24 bits per heavy atom. The highest BCUT2D eigenvalue weighted by molar-refractivity contribution is 7.10. The molecule has 4 nitrogen and oxygen atoms in total. The largest absolute Gasteiger partial charge is 0.379 e. The van der Waals surface area contributed by atoms with E-state index >= 15 is 0 Å². The maximum atomic E-state index is 5.77. The molecule has 0 saturated carbocycles. The summed E-state index contributed by atoms with van der Waals surface area (Å²) in [5, 5.41) is 2.18. The quantitative estimate of drug-likeness (QED) is 0.804. The normalized spacial score (nSPS) is 25.5. The third-order valence-electron chi connectivity index (χ3n) is 4.38. The van der Waals surface area contributed by atoms with Crippen LogP contribution < -0.4 is 0 Å². The van der Waals surface area contributed by atoms with Crippen LogP contribution in [0.2, 0.25) is 0 Å². The van der Waals surface area contributed by atoms with Gasteiger partial charge in [0, 0.05) is 37.7 Å². The SMILES string of the molecule is CN(CC1CCCO1)CC(c1cccs1)N1CCOCC1. The highest BCUT2D eigenvalue weighted by Crippen LogP contribution is 2.27. The average molecular weight is 310 g/mol. The van der Waals surface area contributed by atoms with E-state index in [1.807, 2.05) is 11.3 Å². The van der Waals surface area contributed by atoms with Gasteiger partial charge in [0.1, 0.15) is 0 Å². The van der Waals surface area contributed by atoms with Crippen LogP contribution in [-0.4, -0.2) is 69.0 Å². The molecule has 0 radical (unpaired) electrons. The molecule has 2 fully saturated rings. The molecule has 3 heterocycles. The molecule has 0 amide bonds. The summed E-state index contributed by atoms with van der Waals surface area (Å²) in [6.45, 7) is 6.85. The Bertz CT molecular complexity index is 400. The van der Waals surface area contributed by atoms with Crippen LogP contribution in [-0.2, 0) is 9.47 Å². The highest BCUT2D eigenvalue weighted by Gasteiger charge is 2.26. The van der Waals surface area contributed by atoms with Crippen LogP contribution in [0.3, 0.4) is 0 Å². The van der Waals surface area contributed by atoms with E-state index in [0.29, 0.717) is 12.1 Å². The Hall–Kier alpha value is -0.460. The molecule has 0 aliphatic carbocycles. The number of likely N-dealkylation sites (N-methyl/N-ethyl adjacent to an activating group) is 1. The van der Waals surface area contributed by atoms with Crippen molar-refractivity contribution in [3.8, 4) is 0 Å². The number of thiophene rings is 1. The van der Waals surface area contributed by atoms with E-state index in [1.165, 1.54) is 17.7 Å². The van der Waals surface area contributed by atoms with Crippen LogP contribution in [0, 0.1) is 0 Å². The fraction of sp³-hybridized carbons (Fsp3) is 0.750. The van der Waals surface area contributed by atoms with E-state index in [1.54, 1.807) is 0 Å². The third kappa shape index (κ3) is 4.27. The first kappa shape index (κ1) is 15.4. The summed E-state index contributed by atoms with van der Waals surface area (Å²) < 4.78 is 11.3. The summed E-state index contributed by atoms with van der Waals surface area (Å²) in [7, 11) is 2.22. The van der Waals surface area contributed by atoms with Gasteiger partial charge < -0.3 is 14.4 Å². The van der Waals surface area contributed by atoms with Gasteiger partial charge in [-0.25, -0.2) is 0 Å². The van der Waals surface area contributed by atoms with Crippen molar-refractivity contribution in [2.75, 3.05) is 53.0 Å². The van der Waals surface area contributed by atoms with Crippen LogP contribution in [0.15, 0.2) is 17.5 Å². The molecule has 118 valence electrons. The molecule has 1 aromatic heterocycles. The zero-order valence-electron chi connectivity index (χ0n) is 12.9. The molecule has 2 unspecified atom stereocenters. The zero-order valence-corrected chi connectivity index (χ0v) is 13.7. The fourth-order valence-corrected chi connectivity index (χ4v) is 4.11. The van der Waals surface area contributed by atoms with Crippen molar-refractivity contribution in [3.05, 3.63) is 22.4 Å². The number of nitrogens with zero attached hydrogens (tertiary/aromatic N) is 2. The van der Waals surface area contributed by atoms with Crippen molar-refractivity contribution in [2.45, 2.75) is 25.0 Å². The first-order valence-electron chi connectivity index (χ1n) is 7.98. The number of hydrogen-bond acceptors (Lipinski definition) is 5. The molecule has 3 rings (SSSR count). The average Bonchev–Trinajstić information content (AvgIpc) is 3.19. The molecule has 21 heavy (non-hydrogen) atoms. The maximum absolute atomic E-state index is 5.77. The molecule has 2 saturated heterocycles. The number of hydrogen-bond donors (Lipinski definition) is 0. The van der Waals surface area contributed by atoms with Crippen molar-refractivity contribution in [3.63, 3.8) is 0 Å². The number of morpholine rings is 1. The van der Waals surface area contributed by atoms with E-state index in [4.69, 9.17) is 9.47 Å². The summed E-state index contributed by atoms with van der Waals surface area (Å²) in [5.41, 5.74) is 0. The van der Waals surface area contributed by atoms with Crippen LogP contribution in [0.5, 0.6) is 0 Å². The van der Waals surface area contributed by atoms with Crippen LogP contribution in [0.25, 0.3) is 0 Å². The lowest BCUT2D eigenvalue weighted by Gasteiger charge is -2.36. The lowest BCUT2D eigenvalue weighted by Crippen LogP contribution is -2.44. The lowest BCUT2D eigenvalue weighted by atomic mass is 10.1. The third-order valence-corrected chi connectivity index (χ3v) is 5.36. The standard InChI is InChI=1S/C16H26N2O2S/c1-17(12-14-4-2-8-20-14)13-15(16-5-3-11-21-16)18-6-9-19-10-7-18/h3,5,11,14-15H,2,4,6-10,12-13H2,1H3. The van der Waals surface area contributed by atoms with Gasteiger partial charge in [-0.05, 0) is 31.3 Å².